The smallest absolute Gasteiger partial charge is 0.408 e. The number of nitrogens with one attached hydrogen (secondary N) is 2. The Kier molecular flexibility index (Phi) is 2.97. The first-order chi connectivity index (χ1) is 10.2. The maximum absolute atomic E-state index is 12.1. The minimum Gasteiger partial charge on any atom is -0.408 e. The van der Waals surface area contributed by atoms with Crippen LogP contribution in [-0.2, 0) is 0 Å². The fraction of sp³-hybridized carbons (Fsp3) is 0. The molecule has 0 aliphatic heterocycles. The molecule has 0 aliphatic rings. The molecular weight excluding hydrogens is 272 g/mol. The first-order valence-electron chi connectivity index (χ1n) is 5.96. The average Bonchev–Trinajstić information content (AvgIpc) is 2.86. The molecule has 7 heteroatoms. The van der Waals surface area contributed by atoms with Crippen LogP contribution in [0.3, 0.4) is 0 Å². The van der Waals surface area contributed by atoms with E-state index in [4.69, 9.17) is 9.68 Å². The molecule has 7 nitrogen and oxygen atoms in total. The van der Waals surface area contributed by atoms with Gasteiger partial charge in [0.2, 0.25) is 0 Å². The first-order valence-corrected chi connectivity index (χ1v) is 5.96. The minimum absolute atomic E-state index is 0.164. The second kappa shape index (κ2) is 4.94. The number of benzene rings is 1. The number of anilines is 1. The van der Waals surface area contributed by atoms with Gasteiger partial charge in [-0.2, -0.15) is 5.26 Å². The van der Waals surface area contributed by atoms with Crippen molar-refractivity contribution in [1.29, 1.82) is 5.26 Å². The van der Waals surface area contributed by atoms with E-state index in [-0.39, 0.29) is 11.6 Å². The summed E-state index contributed by atoms with van der Waals surface area (Å²) in [5.74, 6) is -0.930. The zero-order valence-electron chi connectivity index (χ0n) is 10.6. The minimum atomic E-state index is -0.554. The molecule has 0 spiro atoms. The molecule has 0 aliphatic carbocycles. The Balaban J connectivity index is 1.88. The van der Waals surface area contributed by atoms with Crippen LogP contribution in [0.15, 0.2) is 45.7 Å². The van der Waals surface area contributed by atoms with Gasteiger partial charge in [0, 0.05) is 17.4 Å². The lowest BCUT2D eigenvalue weighted by Crippen LogP contribution is -2.12. The fourth-order valence-electron chi connectivity index (χ4n) is 1.87. The predicted octanol–water partition coefficient (Wildman–Crippen LogP) is 1.64. The molecule has 0 radical (unpaired) electrons. The number of amides is 1. The highest BCUT2D eigenvalue weighted by Gasteiger charge is 2.09. The summed E-state index contributed by atoms with van der Waals surface area (Å²) in [7, 11) is 0. The van der Waals surface area contributed by atoms with Crippen molar-refractivity contribution in [2.75, 3.05) is 5.32 Å². The molecular formula is C14H8N4O3. The molecule has 3 aromatic rings. The number of fused-ring (bicyclic) bond motifs is 1. The van der Waals surface area contributed by atoms with Crippen LogP contribution in [0.2, 0.25) is 0 Å². The molecule has 2 aromatic heterocycles. The summed E-state index contributed by atoms with van der Waals surface area (Å²) in [6.45, 7) is 0. The van der Waals surface area contributed by atoms with E-state index >= 15 is 0 Å². The van der Waals surface area contributed by atoms with E-state index in [1.807, 2.05) is 6.07 Å². The van der Waals surface area contributed by atoms with Gasteiger partial charge >= 0.3 is 5.76 Å². The summed E-state index contributed by atoms with van der Waals surface area (Å²) in [6.07, 6.45) is 1.39. The summed E-state index contributed by atoms with van der Waals surface area (Å²) < 4.78 is 4.87. The highest BCUT2D eigenvalue weighted by molar-refractivity contribution is 6.04. The van der Waals surface area contributed by atoms with Gasteiger partial charge in [-0.15, -0.1) is 0 Å². The summed E-state index contributed by atoms with van der Waals surface area (Å²) >= 11 is 0. The standard InChI is InChI=1S/C14H8N4O3/c15-7-10-5-8(3-4-16-10)13(19)17-9-1-2-12-11(6-9)18-14(20)21-12/h1-6H,(H,17,19)(H,18,20). The van der Waals surface area contributed by atoms with Crippen LogP contribution in [0.1, 0.15) is 16.1 Å². The van der Waals surface area contributed by atoms with Crippen molar-refractivity contribution < 1.29 is 9.21 Å². The Morgan fingerprint density at radius 1 is 1.33 bits per heavy atom. The van der Waals surface area contributed by atoms with Crippen molar-refractivity contribution in [3.05, 3.63) is 58.3 Å². The number of rotatable bonds is 2. The number of hydrogen-bond donors (Lipinski definition) is 2. The zero-order chi connectivity index (χ0) is 14.8. The van der Waals surface area contributed by atoms with Gasteiger partial charge in [-0.3, -0.25) is 9.78 Å². The number of nitrogens with zero attached hydrogens (tertiary/aromatic N) is 2. The van der Waals surface area contributed by atoms with Gasteiger partial charge < -0.3 is 9.73 Å². The van der Waals surface area contributed by atoms with Gasteiger partial charge in [-0.05, 0) is 30.3 Å². The molecule has 1 amide bonds. The summed E-state index contributed by atoms with van der Waals surface area (Å²) in [6, 6.07) is 9.56. The van der Waals surface area contributed by atoms with Crippen LogP contribution in [0.4, 0.5) is 5.69 Å². The quantitative estimate of drug-likeness (QED) is 0.741. The van der Waals surface area contributed by atoms with E-state index in [9.17, 15) is 9.59 Å². The lowest BCUT2D eigenvalue weighted by molar-refractivity contribution is 0.102. The Hall–Kier alpha value is -3.40. The molecule has 0 bridgehead atoms. The van der Waals surface area contributed by atoms with Crippen molar-refractivity contribution >= 4 is 22.7 Å². The summed E-state index contributed by atoms with van der Waals surface area (Å²) in [4.78, 5) is 29.4. The van der Waals surface area contributed by atoms with Gasteiger partial charge in [-0.1, -0.05) is 0 Å². The number of hydrogen-bond acceptors (Lipinski definition) is 5. The Morgan fingerprint density at radius 2 is 2.19 bits per heavy atom. The number of carbonyl (C=O) groups excluding carboxylic acids is 1. The normalized spacial score (nSPS) is 10.2. The van der Waals surface area contributed by atoms with Crippen LogP contribution < -0.4 is 11.1 Å². The summed E-state index contributed by atoms with van der Waals surface area (Å²) in [5.41, 5.74) is 1.89. The molecule has 0 unspecified atom stereocenters. The van der Waals surface area contributed by atoms with Crippen molar-refractivity contribution in [3.63, 3.8) is 0 Å². The third-order valence-electron chi connectivity index (χ3n) is 2.81. The lowest BCUT2D eigenvalue weighted by Gasteiger charge is -2.05. The fourth-order valence-corrected chi connectivity index (χ4v) is 1.87. The number of aromatic nitrogens is 2. The Labute approximate surface area is 117 Å². The maximum Gasteiger partial charge on any atom is 0.417 e. The van der Waals surface area contributed by atoms with Gasteiger partial charge in [0.15, 0.2) is 5.58 Å². The van der Waals surface area contributed by atoms with Crippen LogP contribution >= 0.6 is 0 Å². The monoisotopic (exact) mass is 280 g/mol. The molecule has 102 valence electrons. The summed E-state index contributed by atoms with van der Waals surface area (Å²) in [5, 5.41) is 11.4. The first kappa shape index (κ1) is 12.6. The van der Waals surface area contributed by atoms with E-state index in [0.717, 1.165) is 0 Å². The molecule has 1 aromatic carbocycles. The highest BCUT2D eigenvalue weighted by Crippen LogP contribution is 2.17. The van der Waals surface area contributed by atoms with Crippen LogP contribution in [0.5, 0.6) is 0 Å². The Morgan fingerprint density at radius 3 is 3.00 bits per heavy atom. The van der Waals surface area contributed by atoms with Crippen molar-refractivity contribution in [2.45, 2.75) is 0 Å². The Bertz CT molecular complexity index is 933. The van der Waals surface area contributed by atoms with Gasteiger partial charge in [0.25, 0.3) is 5.91 Å². The number of pyridine rings is 1. The maximum atomic E-state index is 12.1. The topological polar surface area (TPSA) is 112 Å². The van der Waals surface area contributed by atoms with E-state index in [1.54, 1.807) is 18.2 Å². The van der Waals surface area contributed by atoms with E-state index in [2.05, 4.69) is 15.3 Å². The van der Waals surface area contributed by atoms with Gasteiger partial charge in [0.1, 0.15) is 11.8 Å². The van der Waals surface area contributed by atoms with Gasteiger partial charge in [-0.25, -0.2) is 9.78 Å². The van der Waals surface area contributed by atoms with Crippen molar-refractivity contribution in [3.8, 4) is 6.07 Å². The molecule has 2 N–H and O–H groups in total. The molecule has 0 atom stereocenters. The van der Waals surface area contributed by atoms with Crippen LogP contribution in [0, 0.1) is 11.3 Å². The second-order valence-corrected chi connectivity index (χ2v) is 4.22. The van der Waals surface area contributed by atoms with E-state index in [0.29, 0.717) is 22.4 Å². The van der Waals surface area contributed by atoms with E-state index < -0.39 is 5.76 Å². The SMILES string of the molecule is N#Cc1cc(C(=O)Nc2ccc3oc(=O)[nH]c3c2)ccn1. The van der Waals surface area contributed by atoms with Crippen LogP contribution in [0.25, 0.3) is 11.1 Å². The molecule has 0 saturated heterocycles. The molecule has 0 fully saturated rings. The highest BCUT2D eigenvalue weighted by atomic mass is 16.4. The number of aromatic amines is 1. The third-order valence-corrected chi connectivity index (χ3v) is 2.81. The van der Waals surface area contributed by atoms with Crippen molar-refractivity contribution in [1.82, 2.24) is 9.97 Å². The molecule has 2 heterocycles. The zero-order valence-corrected chi connectivity index (χ0v) is 10.6. The number of nitriles is 1. The predicted molar refractivity (Wildman–Crippen MR) is 73.7 cm³/mol. The molecule has 3 rings (SSSR count). The van der Waals surface area contributed by atoms with Crippen LogP contribution in [-0.4, -0.2) is 15.9 Å². The number of H-pyrrole nitrogens is 1. The number of carbonyl (C=O) groups is 1. The lowest BCUT2D eigenvalue weighted by atomic mass is 10.2. The average molecular weight is 280 g/mol. The van der Waals surface area contributed by atoms with Crippen molar-refractivity contribution in [2.24, 2.45) is 0 Å². The van der Waals surface area contributed by atoms with E-state index in [1.165, 1.54) is 18.3 Å². The molecule has 21 heavy (non-hydrogen) atoms. The van der Waals surface area contributed by atoms with Gasteiger partial charge in [0.05, 0.1) is 5.52 Å². The number of oxazole rings is 1. The second-order valence-electron chi connectivity index (χ2n) is 4.22. The molecule has 0 saturated carbocycles. The third kappa shape index (κ3) is 2.50. The largest absolute Gasteiger partial charge is 0.417 e.